The Morgan fingerprint density at radius 1 is 1.00 bits per heavy atom. The number of amides is 1. The average molecular weight is 436 g/mol. The van der Waals surface area contributed by atoms with E-state index in [-0.39, 0.29) is 16.5 Å². The molecular formula is C20H25N3O6S. The average Bonchev–Trinajstić information content (AvgIpc) is 3.41. The summed E-state index contributed by atoms with van der Waals surface area (Å²) in [6.45, 7) is 3.11. The van der Waals surface area contributed by atoms with Gasteiger partial charge >= 0.3 is 0 Å². The molecule has 0 aliphatic carbocycles. The Morgan fingerprint density at radius 2 is 1.70 bits per heavy atom. The maximum absolute atomic E-state index is 13.2. The van der Waals surface area contributed by atoms with Crippen LogP contribution in [0.25, 0.3) is 11.0 Å². The number of benzene rings is 1. The molecule has 3 aliphatic heterocycles. The number of sulfonamides is 1. The molecule has 1 amide bonds. The zero-order valence-electron chi connectivity index (χ0n) is 16.7. The van der Waals surface area contributed by atoms with Crippen LogP contribution in [-0.4, -0.2) is 73.9 Å². The molecule has 1 aromatic carbocycles. The maximum atomic E-state index is 13.2. The summed E-state index contributed by atoms with van der Waals surface area (Å²) < 4.78 is 44.6. The van der Waals surface area contributed by atoms with E-state index in [9.17, 15) is 13.2 Å². The van der Waals surface area contributed by atoms with Gasteiger partial charge < -0.3 is 18.9 Å². The Labute approximate surface area is 174 Å². The van der Waals surface area contributed by atoms with E-state index in [2.05, 4.69) is 5.16 Å². The van der Waals surface area contributed by atoms with Crippen LogP contribution in [0, 0.1) is 0 Å². The molecule has 5 rings (SSSR count). The van der Waals surface area contributed by atoms with Crippen molar-refractivity contribution in [3.8, 4) is 0 Å². The topological polar surface area (TPSA) is 102 Å². The first-order valence-corrected chi connectivity index (χ1v) is 11.9. The van der Waals surface area contributed by atoms with Crippen molar-refractivity contribution in [2.24, 2.45) is 0 Å². The number of likely N-dealkylation sites (tertiary alicyclic amines) is 1. The zero-order chi connectivity index (χ0) is 20.8. The van der Waals surface area contributed by atoms with Crippen molar-refractivity contribution in [1.29, 1.82) is 0 Å². The highest BCUT2D eigenvalue weighted by atomic mass is 32.2. The van der Waals surface area contributed by atoms with Crippen LogP contribution in [0.3, 0.4) is 0 Å². The van der Waals surface area contributed by atoms with Crippen molar-refractivity contribution in [3.63, 3.8) is 0 Å². The predicted octanol–water partition coefficient (Wildman–Crippen LogP) is 1.98. The van der Waals surface area contributed by atoms with Gasteiger partial charge in [-0.05, 0) is 37.5 Å². The quantitative estimate of drug-likeness (QED) is 0.726. The fourth-order valence-electron chi connectivity index (χ4n) is 4.48. The monoisotopic (exact) mass is 435 g/mol. The Bertz CT molecular complexity index is 1040. The third-order valence-corrected chi connectivity index (χ3v) is 8.12. The summed E-state index contributed by atoms with van der Waals surface area (Å²) in [6.07, 6.45) is 4.04. The summed E-state index contributed by atoms with van der Waals surface area (Å²) >= 11 is 0. The maximum Gasteiger partial charge on any atom is 0.276 e. The molecule has 0 unspecified atom stereocenters. The van der Waals surface area contributed by atoms with Crippen LogP contribution in [-0.2, 0) is 19.5 Å². The van der Waals surface area contributed by atoms with Gasteiger partial charge in [0.05, 0.1) is 23.5 Å². The smallest absolute Gasteiger partial charge is 0.276 e. The molecular weight excluding hydrogens is 410 g/mol. The molecule has 0 radical (unpaired) electrons. The number of nitrogens with zero attached hydrogens (tertiary/aromatic N) is 3. The molecule has 0 bridgehead atoms. The summed E-state index contributed by atoms with van der Waals surface area (Å²) in [5.41, 5.74) is 0.578. The van der Waals surface area contributed by atoms with E-state index in [1.807, 2.05) is 0 Å². The molecule has 0 saturated carbocycles. The number of carbonyl (C=O) groups excluding carboxylic acids is 1. The number of piperidine rings is 2. The molecule has 1 spiro atoms. The second-order valence-corrected chi connectivity index (χ2v) is 9.99. The van der Waals surface area contributed by atoms with Gasteiger partial charge in [-0.1, -0.05) is 5.16 Å². The molecule has 3 aliphatic rings. The van der Waals surface area contributed by atoms with Crippen molar-refractivity contribution in [2.75, 3.05) is 39.4 Å². The third kappa shape index (κ3) is 3.41. The van der Waals surface area contributed by atoms with E-state index in [0.29, 0.717) is 63.2 Å². The number of rotatable bonds is 3. The molecule has 3 saturated heterocycles. The van der Waals surface area contributed by atoms with E-state index in [1.54, 1.807) is 11.0 Å². The molecule has 10 heteroatoms. The molecule has 30 heavy (non-hydrogen) atoms. The second kappa shape index (κ2) is 7.60. The summed E-state index contributed by atoms with van der Waals surface area (Å²) in [5.74, 6) is -0.850. The number of fused-ring (bicyclic) bond motifs is 1. The Morgan fingerprint density at radius 3 is 2.40 bits per heavy atom. The van der Waals surface area contributed by atoms with Gasteiger partial charge in [0.15, 0.2) is 17.1 Å². The first-order valence-electron chi connectivity index (χ1n) is 10.5. The number of hydrogen-bond acceptors (Lipinski definition) is 7. The molecule has 0 atom stereocenters. The lowest BCUT2D eigenvalue weighted by Gasteiger charge is -2.36. The predicted molar refractivity (Wildman–Crippen MR) is 106 cm³/mol. The molecule has 9 nitrogen and oxygen atoms in total. The van der Waals surface area contributed by atoms with E-state index >= 15 is 0 Å². The van der Waals surface area contributed by atoms with E-state index in [1.165, 1.54) is 16.4 Å². The number of carbonyl (C=O) groups is 1. The summed E-state index contributed by atoms with van der Waals surface area (Å²) in [7, 11) is -3.72. The normalized spacial score (nSPS) is 22.7. The van der Waals surface area contributed by atoms with Crippen LogP contribution in [0.15, 0.2) is 27.6 Å². The highest BCUT2D eigenvalue weighted by Crippen LogP contribution is 2.34. The summed E-state index contributed by atoms with van der Waals surface area (Å²) in [6, 6.07) is 4.58. The fourth-order valence-corrected chi connectivity index (χ4v) is 5.95. The minimum atomic E-state index is -3.72. The Balaban J connectivity index is 1.41. The van der Waals surface area contributed by atoms with Crippen LogP contribution < -0.4 is 0 Å². The first kappa shape index (κ1) is 19.9. The molecule has 162 valence electrons. The van der Waals surface area contributed by atoms with E-state index < -0.39 is 15.8 Å². The largest absolute Gasteiger partial charge is 0.355 e. The van der Waals surface area contributed by atoms with Gasteiger partial charge in [0.2, 0.25) is 10.0 Å². The van der Waals surface area contributed by atoms with Crippen molar-refractivity contribution < 1.29 is 27.2 Å². The summed E-state index contributed by atoms with van der Waals surface area (Å²) in [4.78, 5) is 14.8. The summed E-state index contributed by atoms with van der Waals surface area (Å²) in [5, 5.41) is 4.38. The van der Waals surface area contributed by atoms with Gasteiger partial charge in [-0.25, -0.2) is 8.42 Å². The van der Waals surface area contributed by atoms with E-state index in [4.69, 9.17) is 14.0 Å². The zero-order valence-corrected chi connectivity index (χ0v) is 17.5. The third-order valence-electron chi connectivity index (χ3n) is 6.22. The molecule has 0 N–H and O–H groups in total. The van der Waals surface area contributed by atoms with Gasteiger partial charge in [0, 0.05) is 39.0 Å². The minimum Gasteiger partial charge on any atom is -0.355 e. The Hall–Kier alpha value is -2.01. The lowest BCUT2D eigenvalue weighted by molar-refractivity contribution is -0.179. The fraction of sp³-hybridized carbons (Fsp3) is 0.600. The second-order valence-electron chi connectivity index (χ2n) is 8.05. The van der Waals surface area contributed by atoms with Crippen molar-refractivity contribution >= 4 is 26.9 Å². The minimum absolute atomic E-state index is 0.134. The molecule has 2 aromatic rings. The van der Waals surface area contributed by atoms with Crippen LogP contribution in [0.5, 0.6) is 0 Å². The lowest BCUT2D eigenvalue weighted by atomic mass is 10.1. The Kier molecular flexibility index (Phi) is 5.04. The lowest BCUT2D eigenvalue weighted by Crippen LogP contribution is -2.47. The number of ether oxygens (including phenoxy) is 2. The molecule has 4 heterocycles. The van der Waals surface area contributed by atoms with Gasteiger partial charge in [0.25, 0.3) is 5.91 Å². The number of hydrogen-bond donors (Lipinski definition) is 0. The van der Waals surface area contributed by atoms with Gasteiger partial charge in [-0.15, -0.1) is 0 Å². The van der Waals surface area contributed by atoms with Crippen LogP contribution >= 0.6 is 0 Å². The van der Waals surface area contributed by atoms with Crippen LogP contribution in [0.2, 0.25) is 0 Å². The first-order chi connectivity index (χ1) is 14.5. The van der Waals surface area contributed by atoms with Crippen LogP contribution in [0.1, 0.15) is 42.6 Å². The highest BCUT2D eigenvalue weighted by Gasteiger charge is 2.42. The van der Waals surface area contributed by atoms with Gasteiger partial charge in [-0.2, -0.15) is 4.31 Å². The molecule has 1 aromatic heterocycles. The standard InChI is InChI=1S/C20H25N3O6S/c24-19(22-8-2-1-3-9-22)18-16-14-15(4-5-17(16)29-21-18)30(25,26)23-10-6-20(7-11-23)27-12-13-28-20/h4-5,14H,1-3,6-13H2. The van der Waals surface area contributed by atoms with E-state index in [0.717, 1.165) is 19.3 Å². The van der Waals surface area contributed by atoms with Gasteiger partial charge in [-0.3, -0.25) is 4.79 Å². The highest BCUT2D eigenvalue weighted by molar-refractivity contribution is 7.89. The van der Waals surface area contributed by atoms with Crippen molar-refractivity contribution in [1.82, 2.24) is 14.4 Å². The van der Waals surface area contributed by atoms with Crippen LogP contribution in [0.4, 0.5) is 0 Å². The van der Waals surface area contributed by atoms with Crippen molar-refractivity contribution in [3.05, 3.63) is 23.9 Å². The van der Waals surface area contributed by atoms with Gasteiger partial charge in [0.1, 0.15) is 0 Å². The SMILES string of the molecule is O=C(c1noc2ccc(S(=O)(=O)N3CCC4(CC3)OCCO4)cc12)N1CCCCC1. The number of aromatic nitrogens is 1. The van der Waals surface area contributed by atoms with Crippen molar-refractivity contribution in [2.45, 2.75) is 42.8 Å². The molecule has 3 fully saturated rings.